The van der Waals surface area contributed by atoms with E-state index in [1.165, 1.54) is 18.1 Å². The normalized spacial score (nSPS) is 16.2. The summed E-state index contributed by atoms with van der Waals surface area (Å²) in [5, 5.41) is 21.9. The first-order valence-corrected chi connectivity index (χ1v) is 10.7. The van der Waals surface area contributed by atoms with Crippen LogP contribution < -0.4 is 15.0 Å². The minimum Gasteiger partial charge on any atom is -0.495 e. The van der Waals surface area contributed by atoms with Crippen LogP contribution in [0.15, 0.2) is 18.2 Å². The van der Waals surface area contributed by atoms with Crippen molar-refractivity contribution >= 4 is 17.9 Å². The lowest BCUT2D eigenvalue weighted by Crippen LogP contribution is -2.57. The Labute approximate surface area is 192 Å². The van der Waals surface area contributed by atoms with Crippen molar-refractivity contribution in [2.24, 2.45) is 0 Å². The summed E-state index contributed by atoms with van der Waals surface area (Å²) in [5.74, 6) is 0.383. The molecule has 1 aromatic carbocycles. The third-order valence-electron chi connectivity index (χ3n) is 5.63. The number of amides is 1. The number of benzene rings is 1. The molecular weight excluding hydrogens is 427 g/mol. The Hall–Kier alpha value is -3.61. The first kappa shape index (κ1) is 24.0. The van der Waals surface area contributed by atoms with Crippen molar-refractivity contribution in [1.29, 1.82) is 5.26 Å². The summed E-state index contributed by atoms with van der Waals surface area (Å²) in [7, 11) is 3.06. The highest BCUT2D eigenvalue weighted by Gasteiger charge is 2.36. The molecule has 0 radical (unpaired) electrons. The molecule has 176 valence electrons. The molecule has 0 unspecified atom stereocenters. The van der Waals surface area contributed by atoms with Crippen LogP contribution in [0.25, 0.3) is 11.3 Å². The number of carboxylic acid groups (broad SMARTS) is 1. The summed E-state index contributed by atoms with van der Waals surface area (Å²) >= 11 is 0. The standard InChI is InChI=1S/C23H29FN6O3/c1-23(2,3)30(22(31)32)15-7-6-8-29(13-15)20-11-18(27-21(26-4)28-20)14-9-17(24)16(12-25)19(10-14)33-5/h9-11,15H,6-8,13H2,1-5H3,(H,31,32)(H,26,27,28)/t15-/m1/s1. The number of rotatable bonds is 5. The smallest absolute Gasteiger partial charge is 0.408 e. The maximum atomic E-state index is 14.5. The predicted molar refractivity (Wildman–Crippen MR) is 123 cm³/mol. The molecule has 1 amide bonds. The molecule has 0 bridgehead atoms. The first-order chi connectivity index (χ1) is 15.6. The number of nitrogens with zero attached hydrogens (tertiary/aromatic N) is 5. The molecule has 10 heteroatoms. The van der Waals surface area contributed by atoms with E-state index < -0.39 is 17.4 Å². The van der Waals surface area contributed by atoms with E-state index >= 15 is 0 Å². The number of methoxy groups -OCH3 is 1. The molecule has 0 saturated carbocycles. The van der Waals surface area contributed by atoms with E-state index in [0.717, 1.165) is 12.8 Å². The summed E-state index contributed by atoms with van der Waals surface area (Å²) in [6.45, 7) is 6.84. The number of aromatic nitrogens is 2. The molecule has 9 nitrogen and oxygen atoms in total. The number of anilines is 2. The van der Waals surface area contributed by atoms with Crippen LogP contribution in [-0.4, -0.2) is 64.9 Å². The number of carbonyl (C=O) groups is 1. The molecule has 3 rings (SSSR count). The largest absolute Gasteiger partial charge is 0.495 e. The lowest BCUT2D eigenvalue weighted by molar-refractivity contribution is 0.0647. The van der Waals surface area contributed by atoms with Gasteiger partial charge < -0.3 is 20.1 Å². The molecule has 1 aliphatic heterocycles. The molecule has 1 aliphatic rings. The predicted octanol–water partition coefficient (Wildman–Crippen LogP) is 3.95. The van der Waals surface area contributed by atoms with E-state index in [1.807, 2.05) is 31.7 Å². The van der Waals surface area contributed by atoms with Crippen molar-refractivity contribution in [2.45, 2.75) is 45.2 Å². The van der Waals surface area contributed by atoms with Crippen LogP contribution in [0, 0.1) is 17.1 Å². The van der Waals surface area contributed by atoms with Gasteiger partial charge in [0, 0.05) is 37.3 Å². The number of nitrogens with one attached hydrogen (secondary N) is 1. The average Bonchev–Trinajstić information content (AvgIpc) is 2.77. The minimum absolute atomic E-state index is 0.124. The zero-order valence-corrected chi connectivity index (χ0v) is 19.5. The van der Waals surface area contributed by atoms with Gasteiger partial charge in [0.15, 0.2) is 0 Å². The van der Waals surface area contributed by atoms with Crippen LogP contribution >= 0.6 is 0 Å². The van der Waals surface area contributed by atoms with Crippen molar-refractivity contribution in [2.75, 3.05) is 37.5 Å². The molecule has 1 fully saturated rings. The van der Waals surface area contributed by atoms with Crippen LogP contribution in [-0.2, 0) is 0 Å². The van der Waals surface area contributed by atoms with Gasteiger partial charge >= 0.3 is 6.09 Å². The Morgan fingerprint density at radius 1 is 1.36 bits per heavy atom. The summed E-state index contributed by atoms with van der Waals surface area (Å²) in [6.07, 6.45) is 0.612. The lowest BCUT2D eigenvalue weighted by Gasteiger charge is -2.44. The van der Waals surface area contributed by atoms with E-state index in [1.54, 1.807) is 19.2 Å². The van der Waals surface area contributed by atoms with Crippen LogP contribution in [0.2, 0.25) is 0 Å². The monoisotopic (exact) mass is 456 g/mol. The SMILES string of the molecule is CNc1nc(-c2cc(F)c(C#N)c(OC)c2)cc(N2CCC[C@@H](N(C(=O)O)C(C)(C)C)C2)n1. The Morgan fingerprint density at radius 2 is 2.09 bits per heavy atom. The maximum absolute atomic E-state index is 14.5. The van der Waals surface area contributed by atoms with Gasteiger partial charge in [-0.2, -0.15) is 10.2 Å². The molecule has 0 spiro atoms. The highest BCUT2D eigenvalue weighted by Crippen LogP contribution is 2.32. The quantitative estimate of drug-likeness (QED) is 0.695. The molecular formula is C23H29FN6O3. The van der Waals surface area contributed by atoms with Gasteiger partial charge in [0.05, 0.1) is 18.8 Å². The van der Waals surface area contributed by atoms with Crippen molar-refractivity contribution in [3.8, 4) is 23.1 Å². The van der Waals surface area contributed by atoms with Gasteiger partial charge in [-0.1, -0.05) is 0 Å². The summed E-state index contributed by atoms with van der Waals surface area (Å²) in [4.78, 5) is 24.5. The number of piperidine rings is 1. The second kappa shape index (κ2) is 9.48. The van der Waals surface area contributed by atoms with Crippen molar-refractivity contribution in [3.63, 3.8) is 0 Å². The minimum atomic E-state index is -0.950. The van der Waals surface area contributed by atoms with Crippen LogP contribution in [0.4, 0.5) is 21.0 Å². The fraction of sp³-hybridized carbons (Fsp3) is 0.478. The van der Waals surface area contributed by atoms with Crippen molar-refractivity contribution in [1.82, 2.24) is 14.9 Å². The molecule has 1 atom stereocenters. The zero-order chi connectivity index (χ0) is 24.3. The topological polar surface area (TPSA) is 115 Å². The van der Waals surface area contributed by atoms with Gasteiger partial charge in [0.2, 0.25) is 5.95 Å². The van der Waals surface area contributed by atoms with E-state index in [0.29, 0.717) is 36.1 Å². The van der Waals surface area contributed by atoms with Gasteiger partial charge in [0.1, 0.15) is 29.0 Å². The molecule has 1 aromatic heterocycles. The number of ether oxygens (including phenoxy) is 1. The molecule has 0 aliphatic carbocycles. The summed E-state index contributed by atoms with van der Waals surface area (Å²) < 4.78 is 19.7. The Balaban J connectivity index is 2.00. The second-order valence-corrected chi connectivity index (χ2v) is 8.90. The summed E-state index contributed by atoms with van der Waals surface area (Å²) in [5.41, 5.74) is 0.195. The maximum Gasteiger partial charge on any atom is 0.408 e. The van der Waals surface area contributed by atoms with Crippen LogP contribution in [0.1, 0.15) is 39.2 Å². The first-order valence-electron chi connectivity index (χ1n) is 10.7. The van der Waals surface area contributed by atoms with Gasteiger partial charge in [-0.05, 0) is 45.7 Å². The number of halogens is 1. The zero-order valence-electron chi connectivity index (χ0n) is 19.5. The van der Waals surface area contributed by atoms with Crippen LogP contribution in [0.5, 0.6) is 5.75 Å². The lowest BCUT2D eigenvalue weighted by atomic mass is 9.97. The third-order valence-corrected chi connectivity index (χ3v) is 5.63. The third kappa shape index (κ3) is 5.08. The van der Waals surface area contributed by atoms with Gasteiger partial charge in [0.25, 0.3) is 0 Å². The van der Waals surface area contributed by atoms with Crippen molar-refractivity contribution < 1.29 is 19.0 Å². The Morgan fingerprint density at radius 3 is 2.67 bits per heavy atom. The van der Waals surface area contributed by atoms with Gasteiger partial charge in [-0.3, -0.25) is 4.90 Å². The van der Waals surface area contributed by atoms with Gasteiger partial charge in [-0.25, -0.2) is 14.2 Å². The number of hydrogen-bond donors (Lipinski definition) is 2. The van der Waals surface area contributed by atoms with Crippen LogP contribution in [0.3, 0.4) is 0 Å². The molecule has 2 N–H and O–H groups in total. The summed E-state index contributed by atoms with van der Waals surface area (Å²) in [6, 6.07) is 6.17. The van der Waals surface area contributed by atoms with E-state index in [-0.39, 0.29) is 17.4 Å². The number of nitriles is 1. The fourth-order valence-corrected chi connectivity index (χ4v) is 4.22. The molecule has 33 heavy (non-hydrogen) atoms. The highest BCUT2D eigenvalue weighted by molar-refractivity contribution is 5.69. The Bertz CT molecular complexity index is 1080. The van der Waals surface area contributed by atoms with E-state index in [9.17, 15) is 19.6 Å². The average molecular weight is 457 g/mol. The van der Waals surface area contributed by atoms with Crippen molar-refractivity contribution in [3.05, 3.63) is 29.6 Å². The second-order valence-electron chi connectivity index (χ2n) is 8.90. The van der Waals surface area contributed by atoms with E-state index in [2.05, 4.69) is 15.3 Å². The molecule has 2 aromatic rings. The van der Waals surface area contributed by atoms with E-state index in [4.69, 9.17) is 4.74 Å². The molecule has 2 heterocycles. The number of hydrogen-bond acceptors (Lipinski definition) is 7. The van der Waals surface area contributed by atoms with Gasteiger partial charge in [-0.15, -0.1) is 0 Å². The Kier molecular flexibility index (Phi) is 6.91. The molecule has 1 saturated heterocycles. The highest BCUT2D eigenvalue weighted by atomic mass is 19.1. The fourth-order valence-electron chi connectivity index (χ4n) is 4.22.